The van der Waals surface area contributed by atoms with E-state index in [1.807, 2.05) is 0 Å². The summed E-state index contributed by atoms with van der Waals surface area (Å²) < 4.78 is 5.42. The molecule has 0 radical (unpaired) electrons. The Bertz CT molecular complexity index is 983. The maximum absolute atomic E-state index is 12.8. The van der Waals surface area contributed by atoms with Crippen LogP contribution in [0.15, 0.2) is 42.5 Å². The lowest BCUT2D eigenvalue weighted by atomic mass is 10.1. The van der Waals surface area contributed by atoms with E-state index >= 15 is 0 Å². The number of carbonyl (C=O) groups excluding carboxylic acids is 4. The smallest absolute Gasteiger partial charge is 0.265 e. The number of carbonyl (C=O) groups is 4. The normalized spacial score (nSPS) is 14.0. The molecular formula is C21H20N2O5. The van der Waals surface area contributed by atoms with E-state index < -0.39 is 11.9 Å². The number of ketones is 2. The Hall–Kier alpha value is -3.48. The first-order chi connectivity index (χ1) is 13.3. The summed E-state index contributed by atoms with van der Waals surface area (Å²) in [5.41, 5.74) is 1.74. The third kappa shape index (κ3) is 3.78. The van der Waals surface area contributed by atoms with Gasteiger partial charge in [-0.3, -0.25) is 24.1 Å². The van der Waals surface area contributed by atoms with E-state index in [-0.39, 0.29) is 24.1 Å². The number of benzene rings is 2. The van der Waals surface area contributed by atoms with Crippen molar-refractivity contribution in [2.24, 2.45) is 0 Å². The van der Waals surface area contributed by atoms with E-state index in [9.17, 15) is 19.2 Å². The summed E-state index contributed by atoms with van der Waals surface area (Å²) in [6.45, 7) is 4.27. The summed E-state index contributed by atoms with van der Waals surface area (Å²) in [5.74, 6) is -0.636. The number of hydrogen-bond donors (Lipinski definition) is 1. The van der Waals surface area contributed by atoms with Gasteiger partial charge in [-0.25, -0.2) is 0 Å². The number of Topliss-reactive ketones (excluding diaryl/α,β-unsaturated/α-hetero) is 2. The first-order valence-corrected chi connectivity index (χ1v) is 8.79. The van der Waals surface area contributed by atoms with Gasteiger partial charge in [0, 0.05) is 16.8 Å². The lowest BCUT2D eigenvalue weighted by Gasteiger charge is -2.33. The average Bonchev–Trinajstić information content (AvgIpc) is 2.67. The summed E-state index contributed by atoms with van der Waals surface area (Å²) in [5, 5.41) is 2.73. The standard InChI is InChI=1S/C21H20N2O5/c1-12(21(27)22-17-6-4-5-15(9-17)13(2)24)23-18-10-16(14(3)25)7-8-19(18)28-11-20(23)26/h4-10,12H,11H2,1-3H3,(H,22,27). The minimum atomic E-state index is -0.849. The molecule has 0 aliphatic carbocycles. The Labute approximate surface area is 162 Å². The molecule has 3 rings (SSSR count). The number of nitrogens with one attached hydrogen (secondary N) is 1. The predicted octanol–water partition coefficient (Wildman–Crippen LogP) is 2.84. The highest BCUT2D eigenvalue weighted by molar-refractivity contribution is 6.08. The molecule has 1 N–H and O–H groups in total. The molecule has 0 saturated carbocycles. The Kier molecular flexibility index (Phi) is 5.26. The van der Waals surface area contributed by atoms with Crippen LogP contribution in [0.1, 0.15) is 41.5 Å². The number of fused-ring (bicyclic) bond motifs is 1. The quantitative estimate of drug-likeness (QED) is 0.805. The number of nitrogens with zero attached hydrogens (tertiary/aromatic N) is 1. The van der Waals surface area contributed by atoms with Crippen molar-refractivity contribution in [2.45, 2.75) is 26.8 Å². The van der Waals surface area contributed by atoms with Crippen LogP contribution in [-0.4, -0.2) is 36.0 Å². The van der Waals surface area contributed by atoms with Gasteiger partial charge in [0.1, 0.15) is 11.8 Å². The number of rotatable bonds is 5. The Balaban J connectivity index is 1.88. The molecule has 1 aliphatic heterocycles. The van der Waals surface area contributed by atoms with Gasteiger partial charge in [0.15, 0.2) is 18.2 Å². The zero-order chi connectivity index (χ0) is 20.4. The maximum Gasteiger partial charge on any atom is 0.265 e. The van der Waals surface area contributed by atoms with Gasteiger partial charge >= 0.3 is 0 Å². The summed E-state index contributed by atoms with van der Waals surface area (Å²) in [6, 6.07) is 10.5. The molecule has 2 aromatic rings. The molecule has 0 bridgehead atoms. The molecule has 2 aromatic carbocycles. The Morgan fingerprint density at radius 2 is 1.71 bits per heavy atom. The highest BCUT2D eigenvalue weighted by atomic mass is 16.5. The van der Waals surface area contributed by atoms with E-state index in [0.717, 1.165) is 0 Å². The zero-order valence-electron chi connectivity index (χ0n) is 15.8. The monoisotopic (exact) mass is 380 g/mol. The lowest BCUT2D eigenvalue weighted by Crippen LogP contribution is -2.49. The Morgan fingerprint density at radius 3 is 2.39 bits per heavy atom. The minimum absolute atomic E-state index is 0.113. The van der Waals surface area contributed by atoms with E-state index in [1.165, 1.54) is 18.7 Å². The molecule has 1 heterocycles. The molecule has 28 heavy (non-hydrogen) atoms. The van der Waals surface area contributed by atoms with E-state index in [2.05, 4.69) is 5.32 Å². The molecule has 0 spiro atoms. The van der Waals surface area contributed by atoms with Crippen LogP contribution in [0.4, 0.5) is 11.4 Å². The minimum Gasteiger partial charge on any atom is -0.482 e. The van der Waals surface area contributed by atoms with Crippen molar-refractivity contribution in [2.75, 3.05) is 16.8 Å². The summed E-state index contributed by atoms with van der Waals surface area (Å²) >= 11 is 0. The van der Waals surface area contributed by atoms with Gasteiger partial charge in [-0.05, 0) is 51.1 Å². The summed E-state index contributed by atoms with van der Waals surface area (Å²) in [4.78, 5) is 49.8. The van der Waals surface area contributed by atoms with Crippen molar-refractivity contribution < 1.29 is 23.9 Å². The van der Waals surface area contributed by atoms with Crippen LogP contribution in [0.2, 0.25) is 0 Å². The van der Waals surface area contributed by atoms with Crippen molar-refractivity contribution in [1.82, 2.24) is 0 Å². The van der Waals surface area contributed by atoms with Crippen LogP contribution in [0, 0.1) is 0 Å². The van der Waals surface area contributed by atoms with E-state index in [4.69, 9.17) is 4.74 Å². The molecule has 2 amide bonds. The fourth-order valence-corrected chi connectivity index (χ4v) is 2.99. The second-order valence-electron chi connectivity index (χ2n) is 6.59. The fraction of sp³-hybridized carbons (Fsp3) is 0.238. The molecule has 1 unspecified atom stereocenters. The van der Waals surface area contributed by atoms with Crippen LogP contribution in [-0.2, 0) is 9.59 Å². The van der Waals surface area contributed by atoms with Crippen LogP contribution < -0.4 is 15.0 Å². The average molecular weight is 380 g/mol. The van der Waals surface area contributed by atoms with E-state index in [1.54, 1.807) is 49.4 Å². The first kappa shape index (κ1) is 19.3. The van der Waals surface area contributed by atoms with Crippen LogP contribution in [0.5, 0.6) is 5.75 Å². The fourth-order valence-electron chi connectivity index (χ4n) is 2.99. The molecule has 1 aliphatic rings. The third-order valence-electron chi connectivity index (χ3n) is 4.55. The zero-order valence-corrected chi connectivity index (χ0v) is 15.8. The molecule has 0 saturated heterocycles. The second kappa shape index (κ2) is 7.64. The first-order valence-electron chi connectivity index (χ1n) is 8.79. The van der Waals surface area contributed by atoms with Crippen LogP contribution in [0.3, 0.4) is 0 Å². The SMILES string of the molecule is CC(=O)c1cccc(NC(=O)C(C)N2C(=O)COc3ccc(C(C)=O)cc32)c1. The number of hydrogen-bond acceptors (Lipinski definition) is 5. The van der Waals surface area contributed by atoms with Crippen LogP contribution in [0.25, 0.3) is 0 Å². The van der Waals surface area contributed by atoms with Crippen molar-refractivity contribution in [1.29, 1.82) is 0 Å². The Morgan fingerprint density at radius 1 is 1.04 bits per heavy atom. The molecule has 0 aromatic heterocycles. The topological polar surface area (TPSA) is 92.8 Å². The number of amides is 2. The second-order valence-corrected chi connectivity index (χ2v) is 6.59. The molecule has 7 heteroatoms. The van der Waals surface area contributed by atoms with Gasteiger partial charge in [0.05, 0.1) is 5.69 Å². The van der Waals surface area contributed by atoms with Crippen molar-refractivity contribution >= 4 is 34.8 Å². The molecule has 1 atom stereocenters. The van der Waals surface area contributed by atoms with Crippen molar-refractivity contribution in [3.05, 3.63) is 53.6 Å². The number of anilines is 2. The molecular weight excluding hydrogens is 360 g/mol. The van der Waals surface area contributed by atoms with Gasteiger partial charge in [0.25, 0.3) is 5.91 Å². The van der Waals surface area contributed by atoms with Gasteiger partial charge in [0.2, 0.25) is 5.91 Å². The van der Waals surface area contributed by atoms with Gasteiger partial charge in [-0.1, -0.05) is 12.1 Å². The highest BCUT2D eigenvalue weighted by Crippen LogP contribution is 2.34. The molecule has 0 fully saturated rings. The molecule has 7 nitrogen and oxygen atoms in total. The van der Waals surface area contributed by atoms with Crippen molar-refractivity contribution in [3.63, 3.8) is 0 Å². The molecule has 144 valence electrons. The third-order valence-corrected chi connectivity index (χ3v) is 4.55. The summed E-state index contributed by atoms with van der Waals surface area (Å²) in [7, 11) is 0. The number of ether oxygens (including phenoxy) is 1. The van der Waals surface area contributed by atoms with Gasteiger partial charge < -0.3 is 10.1 Å². The van der Waals surface area contributed by atoms with E-state index in [0.29, 0.717) is 28.3 Å². The summed E-state index contributed by atoms with van der Waals surface area (Å²) in [6.07, 6.45) is 0. The largest absolute Gasteiger partial charge is 0.482 e. The highest BCUT2D eigenvalue weighted by Gasteiger charge is 2.33. The maximum atomic E-state index is 12.8. The van der Waals surface area contributed by atoms with Gasteiger partial charge in [-0.2, -0.15) is 0 Å². The van der Waals surface area contributed by atoms with Crippen LogP contribution >= 0.6 is 0 Å². The lowest BCUT2D eigenvalue weighted by molar-refractivity contribution is -0.125. The van der Waals surface area contributed by atoms with Crippen molar-refractivity contribution in [3.8, 4) is 5.75 Å². The van der Waals surface area contributed by atoms with Gasteiger partial charge in [-0.15, -0.1) is 0 Å². The predicted molar refractivity (Wildman–Crippen MR) is 104 cm³/mol.